The van der Waals surface area contributed by atoms with Gasteiger partial charge in [-0.05, 0) is 81.9 Å². The van der Waals surface area contributed by atoms with Crippen LogP contribution in [-0.4, -0.2) is 15.0 Å². The van der Waals surface area contributed by atoms with Crippen molar-refractivity contribution in [3.05, 3.63) is 175 Å². The normalized spacial score (nSPS) is 12.1. The zero-order chi connectivity index (χ0) is 34.4. The Morgan fingerprint density at radius 1 is 0.442 bits per heavy atom. The first-order valence-corrected chi connectivity index (χ1v) is 18.1. The second-order valence-corrected chi connectivity index (χ2v) is 13.9. The van der Waals surface area contributed by atoms with Crippen LogP contribution >= 0.6 is 11.8 Å². The third-order valence-corrected chi connectivity index (χ3v) is 10.8. The average molecular weight is 684 g/mol. The highest BCUT2D eigenvalue weighted by Gasteiger charge is 2.20. The van der Waals surface area contributed by atoms with E-state index in [4.69, 9.17) is 14.4 Å². The van der Waals surface area contributed by atoms with Crippen molar-refractivity contribution in [2.45, 2.75) is 9.79 Å². The lowest BCUT2D eigenvalue weighted by molar-refractivity contribution is 0.669. The summed E-state index contributed by atoms with van der Waals surface area (Å²) in [6.07, 6.45) is 8.06. The molecule has 0 unspecified atom stereocenters. The van der Waals surface area contributed by atoms with Crippen molar-refractivity contribution in [2.75, 3.05) is 0 Å². The fourth-order valence-corrected chi connectivity index (χ4v) is 8.21. The third kappa shape index (κ3) is 5.39. The van der Waals surface area contributed by atoms with Gasteiger partial charge in [-0.1, -0.05) is 127 Å². The highest BCUT2D eigenvalue weighted by Crippen LogP contribution is 2.47. The number of nitrogens with zero attached hydrogens (tertiary/aromatic N) is 3. The van der Waals surface area contributed by atoms with E-state index in [-0.39, 0.29) is 0 Å². The molecule has 0 spiro atoms. The fourth-order valence-electron chi connectivity index (χ4n) is 7.08. The molecule has 0 fully saturated rings. The minimum absolute atomic E-state index is 0.633. The first-order chi connectivity index (χ1) is 25.7. The zero-order valence-corrected chi connectivity index (χ0v) is 28.7. The molecular formula is C47H29N3OS. The molecule has 0 atom stereocenters. The van der Waals surface area contributed by atoms with E-state index >= 15 is 0 Å². The van der Waals surface area contributed by atoms with Crippen molar-refractivity contribution in [1.82, 2.24) is 15.0 Å². The highest BCUT2D eigenvalue weighted by molar-refractivity contribution is 7.99. The number of furan rings is 1. The van der Waals surface area contributed by atoms with Gasteiger partial charge in [0.05, 0.1) is 11.4 Å². The Morgan fingerprint density at radius 3 is 2.04 bits per heavy atom. The number of rotatable bonds is 3. The summed E-state index contributed by atoms with van der Waals surface area (Å²) in [5.74, 6) is 0.633. The van der Waals surface area contributed by atoms with E-state index in [1.807, 2.05) is 48.7 Å². The van der Waals surface area contributed by atoms with E-state index in [0.717, 1.165) is 71.6 Å². The topological polar surface area (TPSA) is 51.8 Å². The Bertz CT molecular complexity index is 2770. The molecule has 0 amide bonds. The SMILES string of the molecule is C1=Cc2ccc(-c3cc(-c4ccccc4)nc(-c4cccnc4)n3)cc2-c2cc3oc4ccccc4c3cc2Sc2ccccc2-c2ccccc21. The van der Waals surface area contributed by atoms with E-state index in [1.54, 1.807) is 18.0 Å². The monoisotopic (exact) mass is 683 g/mol. The van der Waals surface area contributed by atoms with Gasteiger partial charge in [-0.2, -0.15) is 0 Å². The van der Waals surface area contributed by atoms with Crippen molar-refractivity contribution >= 4 is 45.9 Å². The third-order valence-electron chi connectivity index (χ3n) is 9.63. The van der Waals surface area contributed by atoms with Gasteiger partial charge in [0.15, 0.2) is 5.82 Å². The van der Waals surface area contributed by atoms with Gasteiger partial charge in [-0.15, -0.1) is 0 Å². The molecule has 0 aliphatic carbocycles. The minimum Gasteiger partial charge on any atom is -0.456 e. The standard InChI is InChI=1S/C47H29N3OS/c1-2-12-32(13-3-1)41-28-42(50-47(49-41)34-14-10-24-48-29-34)33-23-22-31-21-20-30-11-4-5-15-35(30)37-17-7-9-19-45(37)52-46-27-39-36-16-6-8-18-43(36)51-44(39)26-40(46)38(31)25-33/h1-29H. The summed E-state index contributed by atoms with van der Waals surface area (Å²) < 4.78 is 6.50. The van der Waals surface area contributed by atoms with Crippen molar-refractivity contribution in [3.63, 3.8) is 0 Å². The lowest BCUT2D eigenvalue weighted by Crippen LogP contribution is -1.97. The molecule has 9 aromatic rings. The average Bonchev–Trinajstić information content (AvgIpc) is 3.57. The van der Waals surface area contributed by atoms with Gasteiger partial charge in [-0.3, -0.25) is 4.98 Å². The summed E-state index contributed by atoms with van der Waals surface area (Å²) in [5, 5.41) is 2.22. The Labute approximate surface area is 305 Å². The Balaban J connectivity index is 1.24. The second-order valence-electron chi connectivity index (χ2n) is 12.8. The maximum atomic E-state index is 6.50. The summed E-state index contributed by atoms with van der Waals surface area (Å²) in [6, 6.07) is 53.1. The largest absolute Gasteiger partial charge is 0.456 e. The second kappa shape index (κ2) is 12.6. The van der Waals surface area contributed by atoms with Crippen LogP contribution in [0.1, 0.15) is 11.1 Å². The van der Waals surface area contributed by atoms with Crippen molar-refractivity contribution in [1.29, 1.82) is 0 Å². The molecule has 0 radical (unpaired) electrons. The lowest BCUT2D eigenvalue weighted by Gasteiger charge is -2.16. The molecule has 0 saturated heterocycles. The van der Waals surface area contributed by atoms with E-state index in [0.29, 0.717) is 5.82 Å². The maximum absolute atomic E-state index is 6.50. The molecule has 5 heteroatoms. The molecule has 6 aromatic carbocycles. The Hall–Kier alpha value is -6.56. The molecule has 3 aromatic heterocycles. The van der Waals surface area contributed by atoms with Gasteiger partial charge in [0.2, 0.25) is 0 Å². The first-order valence-electron chi connectivity index (χ1n) is 17.2. The fraction of sp³-hybridized carbons (Fsp3) is 0. The molecule has 1 aliphatic heterocycles. The number of para-hydroxylation sites is 1. The summed E-state index contributed by atoms with van der Waals surface area (Å²) in [5.41, 5.74) is 13.2. The van der Waals surface area contributed by atoms with Crippen LogP contribution in [0.5, 0.6) is 0 Å². The number of fused-ring (bicyclic) bond motifs is 9. The molecule has 0 N–H and O–H groups in total. The summed E-state index contributed by atoms with van der Waals surface area (Å²) >= 11 is 1.80. The van der Waals surface area contributed by atoms with E-state index in [1.165, 1.54) is 21.6 Å². The van der Waals surface area contributed by atoms with Crippen LogP contribution in [0.2, 0.25) is 0 Å². The quantitative estimate of drug-likeness (QED) is 0.185. The van der Waals surface area contributed by atoms with Crippen LogP contribution in [0.25, 0.3) is 90.2 Å². The Morgan fingerprint density at radius 2 is 1.17 bits per heavy atom. The van der Waals surface area contributed by atoms with Crippen molar-refractivity contribution in [3.8, 4) is 56.2 Å². The van der Waals surface area contributed by atoms with Crippen LogP contribution in [0, 0.1) is 0 Å². The molecule has 244 valence electrons. The van der Waals surface area contributed by atoms with Gasteiger partial charge >= 0.3 is 0 Å². The summed E-state index contributed by atoms with van der Waals surface area (Å²) in [7, 11) is 0. The number of hydrogen-bond acceptors (Lipinski definition) is 5. The summed E-state index contributed by atoms with van der Waals surface area (Å²) in [6.45, 7) is 0. The van der Waals surface area contributed by atoms with Crippen LogP contribution in [0.4, 0.5) is 0 Å². The van der Waals surface area contributed by atoms with Crippen LogP contribution in [0.15, 0.2) is 178 Å². The minimum atomic E-state index is 0.633. The van der Waals surface area contributed by atoms with Gasteiger partial charge < -0.3 is 4.42 Å². The Kier molecular flexibility index (Phi) is 7.36. The molecule has 1 aliphatic rings. The number of benzene rings is 6. The zero-order valence-electron chi connectivity index (χ0n) is 27.9. The van der Waals surface area contributed by atoms with Gasteiger partial charge in [0.1, 0.15) is 11.2 Å². The predicted octanol–water partition coefficient (Wildman–Crippen LogP) is 12.7. The van der Waals surface area contributed by atoms with Crippen LogP contribution in [-0.2, 0) is 0 Å². The van der Waals surface area contributed by atoms with E-state index < -0.39 is 0 Å². The molecule has 0 saturated carbocycles. The first kappa shape index (κ1) is 30.3. The number of aromatic nitrogens is 3. The summed E-state index contributed by atoms with van der Waals surface area (Å²) in [4.78, 5) is 16.9. The van der Waals surface area contributed by atoms with Crippen molar-refractivity contribution < 1.29 is 4.42 Å². The van der Waals surface area contributed by atoms with E-state index in [9.17, 15) is 0 Å². The van der Waals surface area contributed by atoms with Gasteiger partial charge in [0.25, 0.3) is 0 Å². The van der Waals surface area contributed by atoms with Gasteiger partial charge in [-0.25, -0.2) is 9.97 Å². The van der Waals surface area contributed by atoms with E-state index in [2.05, 4.69) is 126 Å². The van der Waals surface area contributed by atoms with Crippen LogP contribution < -0.4 is 0 Å². The van der Waals surface area contributed by atoms with Crippen molar-refractivity contribution in [2.24, 2.45) is 0 Å². The lowest BCUT2D eigenvalue weighted by atomic mass is 9.93. The molecule has 4 heterocycles. The smallest absolute Gasteiger partial charge is 0.161 e. The van der Waals surface area contributed by atoms with Gasteiger partial charge in [0, 0.05) is 49.6 Å². The highest BCUT2D eigenvalue weighted by atomic mass is 32.2. The number of hydrogen-bond donors (Lipinski definition) is 0. The molecule has 4 nitrogen and oxygen atoms in total. The molecule has 0 bridgehead atoms. The molecular weight excluding hydrogens is 655 g/mol. The molecule has 52 heavy (non-hydrogen) atoms. The molecule has 10 rings (SSSR count). The maximum Gasteiger partial charge on any atom is 0.161 e. The number of pyridine rings is 1. The van der Waals surface area contributed by atoms with Crippen LogP contribution in [0.3, 0.4) is 0 Å². The predicted molar refractivity (Wildman–Crippen MR) is 214 cm³/mol.